The molecule has 0 aliphatic carbocycles. The molecule has 1 heterocycles. The fraction of sp³-hybridized carbons (Fsp3) is 0.238. The van der Waals surface area contributed by atoms with Crippen LogP contribution in [0.4, 0.5) is 4.39 Å². The SMILES string of the molecule is CCOc1cc(CNCc2ccco2)c(Cl)cc1OCc1c(F)cccc1Cl. The van der Waals surface area contributed by atoms with Gasteiger partial charge >= 0.3 is 0 Å². The number of rotatable bonds is 9. The van der Waals surface area contributed by atoms with E-state index in [1.807, 2.05) is 25.1 Å². The van der Waals surface area contributed by atoms with Crippen molar-refractivity contribution in [3.8, 4) is 11.5 Å². The molecule has 2 aromatic carbocycles. The first kappa shape index (κ1) is 20.5. The third-order valence-corrected chi connectivity index (χ3v) is 4.75. The maximum absolute atomic E-state index is 14.0. The summed E-state index contributed by atoms with van der Waals surface area (Å²) in [5, 5.41) is 4.09. The van der Waals surface area contributed by atoms with Gasteiger partial charge in [-0.3, -0.25) is 0 Å². The molecule has 7 heteroatoms. The van der Waals surface area contributed by atoms with E-state index in [2.05, 4.69) is 5.32 Å². The van der Waals surface area contributed by atoms with Gasteiger partial charge < -0.3 is 19.2 Å². The first-order valence-electron chi connectivity index (χ1n) is 8.82. The summed E-state index contributed by atoms with van der Waals surface area (Å²) >= 11 is 12.5. The van der Waals surface area contributed by atoms with Gasteiger partial charge in [0, 0.05) is 23.2 Å². The molecule has 0 amide bonds. The van der Waals surface area contributed by atoms with Gasteiger partial charge in [0.2, 0.25) is 0 Å². The Balaban J connectivity index is 1.72. The molecule has 1 aromatic heterocycles. The summed E-state index contributed by atoms with van der Waals surface area (Å²) in [6.07, 6.45) is 1.63. The Morgan fingerprint density at radius 3 is 2.54 bits per heavy atom. The van der Waals surface area contributed by atoms with Crippen LogP contribution < -0.4 is 14.8 Å². The van der Waals surface area contributed by atoms with Crippen LogP contribution in [-0.4, -0.2) is 6.61 Å². The van der Waals surface area contributed by atoms with Crippen molar-refractivity contribution in [3.63, 3.8) is 0 Å². The second-order valence-electron chi connectivity index (χ2n) is 6.00. The third kappa shape index (κ3) is 5.19. The topological polar surface area (TPSA) is 43.6 Å². The van der Waals surface area contributed by atoms with E-state index in [0.29, 0.717) is 41.2 Å². The first-order chi connectivity index (χ1) is 13.6. The van der Waals surface area contributed by atoms with Crippen LogP contribution in [0.25, 0.3) is 0 Å². The van der Waals surface area contributed by atoms with Gasteiger partial charge in [0.15, 0.2) is 11.5 Å². The minimum absolute atomic E-state index is 0.0298. The van der Waals surface area contributed by atoms with Crippen molar-refractivity contribution in [3.05, 3.63) is 81.5 Å². The number of benzene rings is 2. The van der Waals surface area contributed by atoms with E-state index in [-0.39, 0.29) is 12.2 Å². The largest absolute Gasteiger partial charge is 0.490 e. The number of hydrogen-bond acceptors (Lipinski definition) is 4. The third-order valence-electron chi connectivity index (χ3n) is 4.04. The van der Waals surface area contributed by atoms with Crippen molar-refractivity contribution in [1.82, 2.24) is 5.32 Å². The Labute approximate surface area is 173 Å². The van der Waals surface area contributed by atoms with E-state index in [4.69, 9.17) is 37.1 Å². The molecule has 0 aliphatic heterocycles. The molecule has 0 radical (unpaired) electrons. The number of hydrogen-bond donors (Lipinski definition) is 1. The molecule has 1 N–H and O–H groups in total. The quantitative estimate of drug-likeness (QED) is 0.458. The van der Waals surface area contributed by atoms with Crippen LogP contribution in [0, 0.1) is 5.82 Å². The highest BCUT2D eigenvalue weighted by molar-refractivity contribution is 6.31. The van der Waals surface area contributed by atoms with Gasteiger partial charge in [-0.25, -0.2) is 4.39 Å². The molecule has 0 fully saturated rings. The van der Waals surface area contributed by atoms with Crippen molar-refractivity contribution < 1.29 is 18.3 Å². The molecule has 0 aliphatic rings. The fourth-order valence-corrected chi connectivity index (χ4v) is 3.09. The smallest absolute Gasteiger partial charge is 0.163 e. The first-order valence-corrected chi connectivity index (χ1v) is 9.58. The molecule has 0 saturated heterocycles. The van der Waals surface area contributed by atoms with Crippen LogP contribution in [0.2, 0.25) is 10.0 Å². The van der Waals surface area contributed by atoms with E-state index in [1.165, 1.54) is 6.07 Å². The zero-order valence-corrected chi connectivity index (χ0v) is 16.8. The van der Waals surface area contributed by atoms with Crippen LogP contribution in [0.3, 0.4) is 0 Å². The van der Waals surface area contributed by atoms with Crippen molar-refractivity contribution in [1.29, 1.82) is 0 Å². The summed E-state index contributed by atoms with van der Waals surface area (Å²) in [7, 11) is 0. The Morgan fingerprint density at radius 1 is 1.00 bits per heavy atom. The lowest BCUT2D eigenvalue weighted by Gasteiger charge is -2.16. The fourth-order valence-electron chi connectivity index (χ4n) is 2.65. The predicted molar refractivity (Wildman–Crippen MR) is 108 cm³/mol. The van der Waals surface area contributed by atoms with Crippen molar-refractivity contribution >= 4 is 23.2 Å². The molecular formula is C21H20Cl2FNO3. The number of halogens is 3. The van der Waals surface area contributed by atoms with Gasteiger partial charge in [-0.15, -0.1) is 0 Å². The lowest BCUT2D eigenvalue weighted by atomic mass is 10.2. The zero-order valence-electron chi connectivity index (χ0n) is 15.3. The normalized spacial score (nSPS) is 10.9. The van der Waals surface area contributed by atoms with E-state index < -0.39 is 5.82 Å². The Hall–Kier alpha value is -2.21. The van der Waals surface area contributed by atoms with Crippen LogP contribution in [0.15, 0.2) is 53.1 Å². The van der Waals surface area contributed by atoms with E-state index in [1.54, 1.807) is 24.5 Å². The number of ether oxygens (including phenoxy) is 2. The van der Waals surface area contributed by atoms with Gasteiger partial charge in [-0.1, -0.05) is 29.3 Å². The van der Waals surface area contributed by atoms with Gasteiger partial charge in [0.05, 0.1) is 24.4 Å². The predicted octanol–water partition coefficient (Wildman–Crippen LogP) is 5.99. The van der Waals surface area contributed by atoms with E-state index in [9.17, 15) is 4.39 Å². The standard InChI is InChI=1S/C21H20Cl2FNO3/c1-2-26-20-9-14(11-25-12-15-5-4-8-27-15)18(23)10-21(20)28-13-16-17(22)6-3-7-19(16)24/h3-10,25H,2,11-13H2,1H3. The Kier molecular flexibility index (Phi) is 7.20. The monoisotopic (exact) mass is 423 g/mol. The Bertz CT molecular complexity index is 896. The lowest BCUT2D eigenvalue weighted by Crippen LogP contribution is -2.13. The maximum atomic E-state index is 14.0. The molecule has 4 nitrogen and oxygen atoms in total. The van der Waals surface area contributed by atoms with E-state index >= 15 is 0 Å². The van der Waals surface area contributed by atoms with Crippen molar-refractivity contribution in [2.45, 2.75) is 26.6 Å². The van der Waals surface area contributed by atoms with Gasteiger partial charge in [-0.2, -0.15) is 0 Å². The summed E-state index contributed by atoms with van der Waals surface area (Å²) in [6, 6.07) is 11.7. The highest BCUT2D eigenvalue weighted by atomic mass is 35.5. The minimum Gasteiger partial charge on any atom is -0.490 e. The molecule has 0 atom stereocenters. The average molecular weight is 424 g/mol. The van der Waals surface area contributed by atoms with Crippen molar-refractivity contribution in [2.24, 2.45) is 0 Å². The molecule has 0 bridgehead atoms. The van der Waals surface area contributed by atoms with Gasteiger partial charge in [0.25, 0.3) is 0 Å². The summed E-state index contributed by atoms with van der Waals surface area (Å²) in [6.45, 7) is 3.41. The molecule has 0 unspecified atom stereocenters. The van der Waals surface area contributed by atoms with E-state index in [0.717, 1.165) is 11.3 Å². The molecule has 0 saturated carbocycles. The molecule has 3 aromatic rings. The summed E-state index contributed by atoms with van der Waals surface area (Å²) in [5.74, 6) is 1.38. The van der Waals surface area contributed by atoms with Crippen LogP contribution in [0.1, 0.15) is 23.8 Å². The molecule has 3 rings (SSSR count). The van der Waals surface area contributed by atoms with Gasteiger partial charge in [0.1, 0.15) is 18.2 Å². The summed E-state index contributed by atoms with van der Waals surface area (Å²) in [4.78, 5) is 0. The Morgan fingerprint density at radius 2 is 1.82 bits per heavy atom. The minimum atomic E-state index is -0.421. The van der Waals surface area contributed by atoms with Gasteiger partial charge in [-0.05, 0) is 42.8 Å². The maximum Gasteiger partial charge on any atom is 0.163 e. The second kappa shape index (κ2) is 9.82. The summed E-state index contributed by atoms with van der Waals surface area (Å²) < 4.78 is 30.7. The van der Waals surface area contributed by atoms with Crippen LogP contribution in [-0.2, 0) is 19.7 Å². The second-order valence-corrected chi connectivity index (χ2v) is 6.81. The van der Waals surface area contributed by atoms with Crippen molar-refractivity contribution in [2.75, 3.05) is 6.61 Å². The summed E-state index contributed by atoms with van der Waals surface area (Å²) in [5.41, 5.74) is 1.14. The highest BCUT2D eigenvalue weighted by Crippen LogP contribution is 2.35. The molecule has 148 valence electrons. The molecule has 0 spiro atoms. The van der Waals surface area contributed by atoms with Crippen LogP contribution >= 0.6 is 23.2 Å². The zero-order chi connectivity index (χ0) is 19.9. The molecule has 28 heavy (non-hydrogen) atoms. The number of nitrogens with one attached hydrogen (secondary N) is 1. The molecular weight excluding hydrogens is 404 g/mol. The number of furan rings is 1. The van der Waals surface area contributed by atoms with Crippen LogP contribution in [0.5, 0.6) is 11.5 Å². The lowest BCUT2D eigenvalue weighted by molar-refractivity contribution is 0.265. The highest BCUT2D eigenvalue weighted by Gasteiger charge is 2.14. The average Bonchev–Trinajstić information content (AvgIpc) is 3.18.